The molecule has 10 aromatic carbocycles. The maximum absolute atomic E-state index is 12.6. The summed E-state index contributed by atoms with van der Waals surface area (Å²) in [4.78, 5) is 99.4. The minimum Gasteiger partial charge on any atom is -0.507 e. The smallest absolute Gasteiger partial charge is 0.336 e. The van der Waals surface area contributed by atoms with Crippen LogP contribution in [0.3, 0.4) is 0 Å². The van der Waals surface area contributed by atoms with Crippen LogP contribution in [0.15, 0.2) is 295 Å². The molecular formula is C100H67Cl3N6O16. The summed E-state index contributed by atoms with van der Waals surface area (Å²) in [6.07, 6.45) is 0.688. The molecule has 0 spiro atoms. The van der Waals surface area contributed by atoms with E-state index in [0.717, 1.165) is 55.5 Å². The molecule has 0 amide bonds. The summed E-state index contributed by atoms with van der Waals surface area (Å²) >= 11 is 18.7. The zero-order chi connectivity index (χ0) is 87.2. The molecule has 19 rings (SSSR count). The number of aromatic nitrogens is 3. The standard InChI is InChI=1S/C37H25ClN2O5.C32H21ClN2O6.C31H21ClN2O5/c38-29-18-27-33(19-32(29)42)45-36-26(34(27)24-10-4-5-11-25(24)37(43)44)15-16-31(41)28(36)20-39-30-12-6-9-22-13-14-23(40-35(22)30)17-21-7-2-1-3-8-21;1-16(36)24-11-9-17-5-4-8-25(30(17)35-24)34-15-22-26(37)12-10-20-29(18-6-2-3-7-19(18)32(39)40)21-13-23(33)27(38)14-28(21)41-31(20)22;1-16-5-6-18-3-2-4-24(29(18)34-16)33-15-22-25(35)12-11-20-28(17-7-9-19(10-8-17)31(37)38)21-13-23(32)26(36)14-27(21)39-30(20)22/h1-16,18-19,39,41H,17,20H2,(H,43,44);2-14,34,37H,15H2,1H3,(H,39,40);2-14,33,35H,15H2,1H3,(H,37,38). The lowest BCUT2D eigenvalue weighted by molar-refractivity contribution is 0.0686. The van der Waals surface area contributed by atoms with Crippen LogP contribution in [0.1, 0.15) is 82.1 Å². The number of phenols is 3. The van der Waals surface area contributed by atoms with Gasteiger partial charge in [-0.1, -0.05) is 168 Å². The van der Waals surface area contributed by atoms with Gasteiger partial charge >= 0.3 is 17.9 Å². The van der Waals surface area contributed by atoms with Crippen molar-refractivity contribution in [1.29, 1.82) is 0 Å². The van der Waals surface area contributed by atoms with Crippen LogP contribution in [0.5, 0.6) is 17.2 Å². The molecule has 3 aliphatic carbocycles. The number of nitrogens with zero attached hydrogens (tertiary/aromatic N) is 3. The second-order valence-electron chi connectivity index (χ2n) is 29.5. The van der Waals surface area contributed by atoms with Crippen molar-refractivity contribution in [1.82, 2.24) is 15.0 Å². The van der Waals surface area contributed by atoms with Gasteiger partial charge in [0.25, 0.3) is 0 Å². The number of ketones is 1. The summed E-state index contributed by atoms with van der Waals surface area (Å²) < 4.78 is 18.8. The van der Waals surface area contributed by atoms with Gasteiger partial charge in [-0.2, -0.15) is 0 Å². The van der Waals surface area contributed by atoms with Crippen molar-refractivity contribution in [2.75, 3.05) is 16.0 Å². The Hall–Kier alpha value is -15.8. The number of aromatic carboxylic acids is 3. The van der Waals surface area contributed by atoms with E-state index in [1.807, 2.05) is 110 Å². The highest BCUT2D eigenvalue weighted by molar-refractivity contribution is 6.32. The van der Waals surface area contributed by atoms with Crippen LogP contribution in [0.2, 0.25) is 15.1 Å². The molecule has 0 fully saturated rings. The monoisotopic (exact) mass is 1710 g/mol. The van der Waals surface area contributed by atoms with Crippen LogP contribution in [-0.4, -0.2) is 69.3 Å². The fourth-order valence-corrected chi connectivity index (χ4v) is 16.1. The average Bonchev–Trinajstić information content (AvgIpc) is 0.747. The van der Waals surface area contributed by atoms with E-state index >= 15 is 0 Å². The van der Waals surface area contributed by atoms with Crippen LogP contribution < -0.4 is 32.2 Å². The zero-order valence-corrected chi connectivity index (χ0v) is 68.2. The summed E-state index contributed by atoms with van der Waals surface area (Å²) in [5, 5.41) is 76.9. The number of phenolic OH excluding ortho intramolecular Hbond substituents is 3. The Labute approximate surface area is 723 Å². The number of aromatic hydroxyl groups is 3. The van der Waals surface area contributed by atoms with Gasteiger partial charge in [0.15, 0.2) is 5.78 Å². The average molecular weight is 1720 g/mol. The number of fused-ring (bicyclic) bond motifs is 9. The van der Waals surface area contributed by atoms with Gasteiger partial charge in [0.1, 0.15) is 57.0 Å². The molecule has 0 saturated carbocycles. The van der Waals surface area contributed by atoms with Gasteiger partial charge in [0.05, 0.1) is 82.1 Å². The largest absolute Gasteiger partial charge is 0.507 e. The maximum Gasteiger partial charge on any atom is 0.336 e. The molecule has 0 radical (unpaired) electrons. The molecule has 3 aliphatic heterocycles. The topological polar surface area (TPSA) is 355 Å². The Kier molecular flexibility index (Phi) is 22.2. The van der Waals surface area contributed by atoms with Crippen molar-refractivity contribution >= 4 is 141 Å². The number of nitrogens with one attached hydrogen (secondary N) is 3. The number of para-hydroxylation sites is 3. The summed E-state index contributed by atoms with van der Waals surface area (Å²) in [7, 11) is 0. The molecule has 13 aromatic rings. The maximum atomic E-state index is 12.6. The van der Waals surface area contributed by atoms with Gasteiger partial charge in [-0.25, -0.2) is 19.4 Å². The van der Waals surface area contributed by atoms with Gasteiger partial charge < -0.3 is 59.8 Å². The predicted octanol–water partition coefficient (Wildman–Crippen LogP) is 22.4. The van der Waals surface area contributed by atoms with E-state index in [2.05, 4.69) is 38.1 Å². The predicted molar refractivity (Wildman–Crippen MR) is 486 cm³/mol. The highest BCUT2D eigenvalue weighted by Gasteiger charge is 2.29. The Balaban J connectivity index is 0.000000133. The lowest BCUT2D eigenvalue weighted by atomic mass is 9.90. The van der Waals surface area contributed by atoms with Crippen molar-refractivity contribution in [3.63, 3.8) is 0 Å². The fraction of sp³-hybridized carbons (Fsp3) is 0.0600. The second kappa shape index (κ2) is 34.0. The third-order valence-corrected chi connectivity index (χ3v) is 22.5. The minimum atomic E-state index is -1.12. The quantitative estimate of drug-likeness (QED) is 0.0285. The molecule has 25 heteroatoms. The zero-order valence-electron chi connectivity index (χ0n) is 66.0. The van der Waals surface area contributed by atoms with Gasteiger partial charge in [0, 0.05) is 128 Å². The van der Waals surface area contributed by atoms with Crippen LogP contribution in [0.4, 0.5) is 17.1 Å². The van der Waals surface area contributed by atoms with Crippen LogP contribution in [0.25, 0.3) is 133 Å². The summed E-state index contributed by atoms with van der Waals surface area (Å²) in [5.74, 6) is -2.79. The normalized spacial score (nSPS) is 11.3. The van der Waals surface area contributed by atoms with E-state index in [0.29, 0.717) is 123 Å². The van der Waals surface area contributed by atoms with E-state index in [4.69, 9.17) is 53.0 Å². The van der Waals surface area contributed by atoms with E-state index < -0.39 is 34.2 Å². The SMILES string of the molecule is CC(=O)c1ccc2cccc(NCc3c(O)ccc4c(-c5ccccc5C(=O)O)c5cc(Cl)c(=O)cc-5oc34)c2n1.Cc1ccc2cccc(NCc3c(O)ccc4c(-c5ccc(C(=O)O)cc5)c5cc(Cl)c(=O)cc-5oc34)c2n1.O=C(O)c1ccccc1-c1c2cc(Cl)c(=O)cc-2oc2c(CNc3cccc4ccc(Cc5ccccc5)nc34)c(O)ccc12. The molecule has 0 saturated heterocycles. The Bertz CT molecular complexity index is 7730. The number of carboxylic acids is 3. The van der Waals surface area contributed by atoms with E-state index in [1.54, 1.807) is 91.0 Å². The molecule has 0 unspecified atom stereocenters. The first kappa shape index (κ1) is 81.6. The highest BCUT2D eigenvalue weighted by atomic mass is 35.5. The van der Waals surface area contributed by atoms with Crippen LogP contribution in [-0.2, 0) is 26.1 Å². The third-order valence-electron chi connectivity index (χ3n) is 21.6. The number of hydrogen-bond donors (Lipinski definition) is 9. The molecule has 9 N–H and O–H groups in total. The van der Waals surface area contributed by atoms with Crippen LogP contribution in [0, 0.1) is 6.92 Å². The Morgan fingerprint density at radius 2 is 0.768 bits per heavy atom. The first-order valence-corrected chi connectivity index (χ1v) is 40.2. The number of carbonyl (C=O) groups is 4. The number of rotatable bonds is 18. The number of carbonyl (C=O) groups excluding carboxylic acids is 1. The molecule has 6 heterocycles. The van der Waals surface area contributed by atoms with Gasteiger partial charge in [-0.15, -0.1) is 0 Å². The summed E-state index contributed by atoms with van der Waals surface area (Å²) in [5.41, 5.74) is 13.7. The van der Waals surface area contributed by atoms with Crippen molar-refractivity contribution < 1.29 is 63.1 Å². The van der Waals surface area contributed by atoms with Gasteiger partial charge in [0.2, 0.25) is 16.3 Å². The molecule has 0 atom stereocenters. The van der Waals surface area contributed by atoms with E-state index in [9.17, 15) is 64.2 Å². The molecule has 22 nitrogen and oxygen atoms in total. The number of halogens is 3. The lowest BCUT2D eigenvalue weighted by Gasteiger charge is -2.19. The van der Waals surface area contributed by atoms with Gasteiger partial charge in [-0.05, 0) is 144 Å². The summed E-state index contributed by atoms with van der Waals surface area (Å²) in [6, 6.07) is 76.5. The van der Waals surface area contributed by atoms with Crippen molar-refractivity contribution in [2.45, 2.75) is 39.9 Å². The van der Waals surface area contributed by atoms with Crippen LogP contribution >= 0.6 is 34.8 Å². The molecule has 6 aliphatic rings. The number of carboxylic acid groups (broad SMARTS) is 3. The number of benzene rings is 13. The fourth-order valence-electron chi connectivity index (χ4n) is 15.6. The van der Waals surface area contributed by atoms with Crippen molar-refractivity contribution in [2.24, 2.45) is 0 Å². The number of hydrogen-bond acceptors (Lipinski definition) is 19. The number of anilines is 3. The summed E-state index contributed by atoms with van der Waals surface area (Å²) in [6.45, 7) is 3.82. The molecule has 125 heavy (non-hydrogen) atoms. The molecule has 614 valence electrons. The van der Waals surface area contributed by atoms with E-state index in [-0.39, 0.29) is 91.5 Å². The third kappa shape index (κ3) is 16.1. The Morgan fingerprint density at radius 3 is 1.20 bits per heavy atom. The molecule has 0 bridgehead atoms. The second-order valence-corrected chi connectivity index (χ2v) is 30.8. The highest BCUT2D eigenvalue weighted by Crippen LogP contribution is 2.49. The number of pyridine rings is 3. The Morgan fingerprint density at radius 1 is 0.376 bits per heavy atom. The lowest BCUT2D eigenvalue weighted by Crippen LogP contribution is -2.06. The van der Waals surface area contributed by atoms with Gasteiger partial charge in [-0.3, -0.25) is 29.1 Å². The number of aryl methyl sites for hydroxylation is 1. The van der Waals surface area contributed by atoms with Crippen molar-refractivity contribution in [3.8, 4) is 84.6 Å². The first-order chi connectivity index (χ1) is 60.4. The molecular weight excluding hydrogens is 1650 g/mol. The minimum absolute atomic E-state index is 0.0122. The van der Waals surface area contributed by atoms with E-state index in [1.165, 1.54) is 67.6 Å². The molecule has 3 aromatic heterocycles. The first-order valence-electron chi connectivity index (χ1n) is 39.0. The number of Topliss-reactive ketones (excluding diaryl/α,β-unsaturated/α-hetero) is 1. The van der Waals surface area contributed by atoms with Crippen molar-refractivity contribution in [3.05, 3.63) is 369 Å².